The smallest absolute Gasteiger partial charge is 0.000442 e. The van der Waals surface area contributed by atoms with E-state index in [4.69, 9.17) is 0 Å². The Balaban J connectivity index is 0.000000181. The molecule has 0 radical (unpaired) electrons. The molecule has 96 valence electrons. The molecule has 0 unspecified atom stereocenters. The molecule has 0 aromatic heterocycles. The molecular weight excluding hydrogens is 206 g/mol. The van der Waals surface area contributed by atoms with Gasteiger partial charge >= 0.3 is 0 Å². The maximum Gasteiger partial charge on any atom is 0.000442 e. The van der Waals surface area contributed by atoms with Crippen LogP contribution in [0, 0.1) is 0 Å². The summed E-state index contributed by atoms with van der Waals surface area (Å²) in [7, 11) is 0. The second-order valence-corrected chi connectivity index (χ2v) is 4.81. The molecule has 1 aliphatic carbocycles. The molecule has 1 N–H and O–H groups in total. The molecule has 0 bridgehead atoms. The van der Waals surface area contributed by atoms with Gasteiger partial charge in [0.05, 0.1) is 0 Å². The van der Waals surface area contributed by atoms with Gasteiger partial charge in [-0.1, -0.05) is 76.4 Å². The first-order valence-electron chi connectivity index (χ1n) is 7.24. The minimum absolute atomic E-state index is 1.50. The highest BCUT2D eigenvalue weighted by Gasteiger charge is 1.95. The fraction of sp³-hybridized carbons (Fsp3) is 0.625. The van der Waals surface area contributed by atoms with Crippen molar-refractivity contribution in [3.63, 3.8) is 0 Å². The first kappa shape index (κ1) is 14.1. The first-order valence-corrected chi connectivity index (χ1v) is 7.24. The zero-order chi connectivity index (χ0) is 12.0. The highest BCUT2D eigenvalue weighted by Crippen LogP contribution is 2.15. The van der Waals surface area contributed by atoms with E-state index in [0.717, 1.165) is 0 Å². The third kappa shape index (κ3) is 9.92. The first-order chi connectivity index (χ1) is 8.50. The van der Waals surface area contributed by atoms with E-state index in [1.54, 1.807) is 0 Å². The number of nitrogens with one attached hydrogen (secondary N) is 1. The van der Waals surface area contributed by atoms with Crippen molar-refractivity contribution < 1.29 is 0 Å². The summed E-state index contributed by atoms with van der Waals surface area (Å²) in [5.41, 5.74) is 0. The van der Waals surface area contributed by atoms with Crippen molar-refractivity contribution in [3.8, 4) is 0 Å². The minimum atomic E-state index is 1.50. The van der Waals surface area contributed by atoms with Crippen LogP contribution in [-0.2, 0) is 0 Å². The summed E-state index contributed by atoms with van der Waals surface area (Å²) in [5.74, 6) is 0. The van der Waals surface area contributed by atoms with Crippen molar-refractivity contribution in [1.29, 1.82) is 0 Å². The number of rotatable bonds is 0. The maximum absolute atomic E-state index is 2.92. The van der Waals surface area contributed by atoms with Crippen LogP contribution in [0.3, 0.4) is 0 Å². The molecule has 0 saturated heterocycles. The van der Waals surface area contributed by atoms with Gasteiger partial charge in [-0.05, 0) is 12.2 Å². The van der Waals surface area contributed by atoms with Gasteiger partial charge in [-0.25, -0.2) is 0 Å². The van der Waals surface area contributed by atoms with Crippen LogP contribution in [0.2, 0.25) is 0 Å². The van der Waals surface area contributed by atoms with Gasteiger partial charge in [0, 0.05) is 12.4 Å². The summed E-state index contributed by atoms with van der Waals surface area (Å²) in [6, 6.07) is 0. The molecule has 0 spiro atoms. The molecule has 0 aromatic carbocycles. The second-order valence-electron chi connectivity index (χ2n) is 4.81. The highest BCUT2D eigenvalue weighted by atomic mass is 14.8. The van der Waals surface area contributed by atoms with Crippen molar-refractivity contribution in [3.05, 3.63) is 36.7 Å². The molecule has 1 saturated carbocycles. The van der Waals surface area contributed by atoms with Gasteiger partial charge in [-0.3, -0.25) is 0 Å². The average Bonchev–Trinajstić information content (AvgIpc) is 2.69. The Labute approximate surface area is 107 Å². The van der Waals surface area contributed by atoms with Gasteiger partial charge < -0.3 is 5.32 Å². The normalized spacial score (nSPS) is 20.7. The van der Waals surface area contributed by atoms with Crippen LogP contribution in [0.1, 0.15) is 64.2 Å². The number of allylic oxidation sites excluding steroid dienone is 4. The van der Waals surface area contributed by atoms with Crippen LogP contribution < -0.4 is 5.32 Å². The van der Waals surface area contributed by atoms with Crippen molar-refractivity contribution in [2.75, 3.05) is 0 Å². The van der Waals surface area contributed by atoms with E-state index in [2.05, 4.69) is 5.32 Å². The Morgan fingerprint density at radius 3 is 1.00 bits per heavy atom. The molecule has 17 heavy (non-hydrogen) atoms. The number of hydrogen-bond acceptors (Lipinski definition) is 1. The van der Waals surface area contributed by atoms with Gasteiger partial charge in [0.2, 0.25) is 0 Å². The summed E-state index contributed by atoms with van der Waals surface area (Å²) < 4.78 is 0. The largest absolute Gasteiger partial charge is 0.368 e. The fourth-order valence-electron chi connectivity index (χ4n) is 2.17. The summed E-state index contributed by atoms with van der Waals surface area (Å²) >= 11 is 0. The molecule has 0 amide bonds. The lowest BCUT2D eigenvalue weighted by Crippen LogP contribution is -1.87. The van der Waals surface area contributed by atoms with Gasteiger partial charge in [0.15, 0.2) is 0 Å². The van der Waals surface area contributed by atoms with E-state index >= 15 is 0 Å². The van der Waals surface area contributed by atoms with Crippen molar-refractivity contribution >= 4 is 0 Å². The fourth-order valence-corrected chi connectivity index (χ4v) is 2.17. The summed E-state index contributed by atoms with van der Waals surface area (Å²) in [6.45, 7) is 0. The highest BCUT2D eigenvalue weighted by molar-refractivity contribution is 5.14. The minimum Gasteiger partial charge on any atom is -0.368 e. The van der Waals surface area contributed by atoms with Gasteiger partial charge in [0.1, 0.15) is 0 Å². The molecular formula is C16H27N. The van der Waals surface area contributed by atoms with E-state index < -0.39 is 0 Å². The zero-order valence-corrected chi connectivity index (χ0v) is 11.0. The molecule has 1 heterocycles. The monoisotopic (exact) mass is 233 g/mol. The van der Waals surface area contributed by atoms with E-state index in [9.17, 15) is 0 Å². The summed E-state index contributed by atoms with van der Waals surface area (Å²) in [4.78, 5) is 0. The Hall–Kier alpha value is -0.980. The van der Waals surface area contributed by atoms with Crippen LogP contribution in [0.4, 0.5) is 0 Å². The van der Waals surface area contributed by atoms with E-state index in [-0.39, 0.29) is 0 Å². The van der Waals surface area contributed by atoms with Crippen LogP contribution in [0.25, 0.3) is 0 Å². The van der Waals surface area contributed by atoms with Gasteiger partial charge in [0.25, 0.3) is 0 Å². The standard InChI is InChI=1S/C10H20.C6H7N/c1-2-4-6-8-10-9-7-5-3-1;1-2-4-6-7-5-3-1/h1-10H2;1-7H. The summed E-state index contributed by atoms with van der Waals surface area (Å²) in [5, 5.41) is 2.92. The lowest BCUT2D eigenvalue weighted by molar-refractivity contribution is 0.504. The van der Waals surface area contributed by atoms with E-state index in [1.807, 2.05) is 36.7 Å². The van der Waals surface area contributed by atoms with Crippen LogP contribution in [-0.4, -0.2) is 0 Å². The molecule has 1 heteroatoms. The molecule has 0 aromatic rings. The molecule has 2 rings (SSSR count). The van der Waals surface area contributed by atoms with Gasteiger partial charge in [-0.2, -0.15) is 0 Å². The maximum atomic E-state index is 2.92. The van der Waals surface area contributed by atoms with Crippen molar-refractivity contribution in [2.45, 2.75) is 64.2 Å². The SMILES string of the molecule is C1=CC=CNC=C1.C1CCCCCCCCC1. The van der Waals surface area contributed by atoms with Gasteiger partial charge in [-0.15, -0.1) is 0 Å². The quantitative estimate of drug-likeness (QED) is 0.615. The van der Waals surface area contributed by atoms with Crippen molar-refractivity contribution in [1.82, 2.24) is 5.32 Å². The van der Waals surface area contributed by atoms with Crippen LogP contribution in [0.15, 0.2) is 36.7 Å². The third-order valence-corrected chi connectivity index (χ3v) is 3.22. The zero-order valence-electron chi connectivity index (χ0n) is 11.0. The Morgan fingerprint density at radius 2 is 0.706 bits per heavy atom. The molecule has 2 aliphatic rings. The topological polar surface area (TPSA) is 12.0 Å². The van der Waals surface area contributed by atoms with Crippen LogP contribution >= 0.6 is 0 Å². The Bertz CT molecular complexity index is 191. The predicted molar refractivity (Wildman–Crippen MR) is 76.7 cm³/mol. The van der Waals surface area contributed by atoms with Crippen molar-refractivity contribution in [2.24, 2.45) is 0 Å². The van der Waals surface area contributed by atoms with E-state index in [0.29, 0.717) is 0 Å². The lowest BCUT2D eigenvalue weighted by Gasteiger charge is -2.05. The summed E-state index contributed by atoms with van der Waals surface area (Å²) in [6.07, 6.45) is 26.6. The van der Waals surface area contributed by atoms with Crippen LogP contribution in [0.5, 0.6) is 0 Å². The molecule has 1 nitrogen and oxygen atoms in total. The molecule has 1 aliphatic heterocycles. The number of hydrogen-bond donors (Lipinski definition) is 1. The Morgan fingerprint density at radius 1 is 0.412 bits per heavy atom. The second kappa shape index (κ2) is 11.5. The Kier molecular flexibility index (Phi) is 9.53. The van der Waals surface area contributed by atoms with E-state index in [1.165, 1.54) is 64.2 Å². The average molecular weight is 233 g/mol. The predicted octanol–water partition coefficient (Wildman–Crippen LogP) is 5.07. The third-order valence-electron chi connectivity index (χ3n) is 3.22. The lowest BCUT2D eigenvalue weighted by atomic mass is 10.0. The molecule has 0 atom stereocenters. The molecule has 1 fully saturated rings.